The van der Waals surface area contributed by atoms with Crippen LogP contribution in [-0.4, -0.2) is 48.3 Å². The lowest BCUT2D eigenvalue weighted by Crippen LogP contribution is -2.36. The number of likely N-dealkylation sites (tertiary alicyclic amines) is 1. The molecule has 0 saturated carbocycles. The van der Waals surface area contributed by atoms with Gasteiger partial charge in [-0.3, -0.25) is 4.79 Å². The van der Waals surface area contributed by atoms with Crippen LogP contribution >= 0.6 is 19.5 Å². The van der Waals surface area contributed by atoms with Gasteiger partial charge in [-0.2, -0.15) is 0 Å². The molecule has 1 aliphatic rings. The number of unbranched alkanes of at least 4 members (excludes halogenated alkanes) is 3. The average Bonchev–Trinajstić information content (AvgIpc) is 2.61. The van der Waals surface area contributed by atoms with E-state index in [1.165, 1.54) is 44.9 Å². The SMILES string of the molecule is CCCC[PH+](CCCC)CCCC.O=C(CCl)N1CCCCC1. The van der Waals surface area contributed by atoms with Gasteiger partial charge in [0, 0.05) is 21.0 Å². The lowest BCUT2D eigenvalue weighted by molar-refractivity contribution is -0.129. The number of carbonyl (C=O) groups excluding carboxylic acids is 1. The third-order valence-corrected chi connectivity index (χ3v) is 7.89. The van der Waals surface area contributed by atoms with Crippen molar-refractivity contribution in [2.75, 3.05) is 37.5 Å². The van der Waals surface area contributed by atoms with Gasteiger partial charge in [0.05, 0.1) is 18.5 Å². The van der Waals surface area contributed by atoms with E-state index < -0.39 is 0 Å². The van der Waals surface area contributed by atoms with Crippen molar-refractivity contribution in [1.29, 1.82) is 0 Å². The van der Waals surface area contributed by atoms with Crippen molar-refractivity contribution in [3.63, 3.8) is 0 Å². The minimum Gasteiger partial charge on any atom is -0.342 e. The Hall–Kier alpha value is 0.190. The molecule has 1 amide bonds. The predicted molar refractivity (Wildman–Crippen MR) is 109 cm³/mol. The summed E-state index contributed by atoms with van der Waals surface area (Å²) in [4.78, 5) is 12.8. The molecule has 0 aliphatic carbocycles. The van der Waals surface area contributed by atoms with Crippen molar-refractivity contribution < 1.29 is 4.79 Å². The van der Waals surface area contributed by atoms with Gasteiger partial charge in [0.15, 0.2) is 0 Å². The molecule has 23 heavy (non-hydrogen) atoms. The van der Waals surface area contributed by atoms with Crippen LogP contribution in [0.1, 0.15) is 78.6 Å². The molecule has 1 fully saturated rings. The molecule has 0 aromatic carbocycles. The number of alkyl halides is 1. The molecule has 138 valence electrons. The van der Waals surface area contributed by atoms with E-state index in [0.717, 1.165) is 25.9 Å². The smallest absolute Gasteiger partial charge is 0.237 e. The highest BCUT2D eigenvalue weighted by Gasteiger charge is 2.14. The van der Waals surface area contributed by atoms with Crippen molar-refractivity contribution in [2.45, 2.75) is 78.6 Å². The summed E-state index contributed by atoms with van der Waals surface area (Å²) in [5.74, 6) is 0.223. The average molecular weight is 365 g/mol. The Morgan fingerprint density at radius 2 is 1.30 bits per heavy atom. The molecule has 1 aliphatic heterocycles. The van der Waals surface area contributed by atoms with Crippen LogP contribution < -0.4 is 0 Å². The maximum atomic E-state index is 11.0. The summed E-state index contributed by atoms with van der Waals surface area (Å²) < 4.78 is 0. The van der Waals surface area contributed by atoms with E-state index in [-0.39, 0.29) is 19.7 Å². The van der Waals surface area contributed by atoms with Crippen molar-refractivity contribution in [3.05, 3.63) is 0 Å². The first-order chi connectivity index (χ1) is 11.2. The standard InChI is InChI=1S/C12H27P.C7H12ClNO/c1-4-7-10-13(11-8-5-2)12-9-6-3;8-6-7(10)9-4-2-1-3-5-9/h4-12H2,1-3H3;1-6H2/p+1. The topological polar surface area (TPSA) is 20.3 Å². The first kappa shape index (κ1) is 23.2. The van der Waals surface area contributed by atoms with E-state index in [4.69, 9.17) is 11.6 Å². The second-order valence-electron chi connectivity index (χ2n) is 6.64. The van der Waals surface area contributed by atoms with Crippen molar-refractivity contribution in [3.8, 4) is 0 Å². The number of rotatable bonds is 10. The number of amides is 1. The fourth-order valence-electron chi connectivity index (χ4n) is 2.88. The number of carbonyl (C=O) groups is 1. The lowest BCUT2D eigenvalue weighted by Gasteiger charge is -2.25. The molecule has 2 nitrogen and oxygen atoms in total. The number of hydrogen-bond acceptors (Lipinski definition) is 1. The minimum absolute atomic E-state index is 0.0675. The second kappa shape index (κ2) is 17.0. The van der Waals surface area contributed by atoms with Gasteiger partial charge in [0.1, 0.15) is 5.88 Å². The van der Waals surface area contributed by atoms with Gasteiger partial charge in [-0.1, -0.05) is 40.0 Å². The van der Waals surface area contributed by atoms with Crippen molar-refractivity contribution >= 4 is 25.4 Å². The zero-order chi connectivity index (χ0) is 17.3. The molecule has 1 rings (SSSR count). The van der Waals surface area contributed by atoms with Crippen LogP contribution in [0.5, 0.6) is 0 Å². The second-order valence-corrected chi connectivity index (χ2v) is 9.90. The van der Waals surface area contributed by atoms with Gasteiger partial charge in [-0.05, 0) is 38.5 Å². The van der Waals surface area contributed by atoms with Crippen molar-refractivity contribution in [1.82, 2.24) is 4.90 Å². The van der Waals surface area contributed by atoms with E-state index >= 15 is 0 Å². The summed E-state index contributed by atoms with van der Waals surface area (Å²) in [6, 6.07) is 0. The molecular weight excluding hydrogens is 325 g/mol. The van der Waals surface area contributed by atoms with Gasteiger partial charge in [-0.15, -0.1) is 11.6 Å². The van der Waals surface area contributed by atoms with Crippen LogP contribution in [0.15, 0.2) is 0 Å². The highest BCUT2D eigenvalue weighted by Crippen LogP contribution is 2.38. The van der Waals surface area contributed by atoms with Crippen molar-refractivity contribution in [2.24, 2.45) is 0 Å². The zero-order valence-electron chi connectivity index (χ0n) is 15.8. The Labute approximate surface area is 151 Å². The molecule has 0 atom stereocenters. The quantitative estimate of drug-likeness (QED) is 0.352. The lowest BCUT2D eigenvalue weighted by atomic mass is 10.1. The molecule has 0 bridgehead atoms. The molecule has 0 spiro atoms. The fraction of sp³-hybridized carbons (Fsp3) is 0.947. The largest absolute Gasteiger partial charge is 0.342 e. The fourth-order valence-corrected chi connectivity index (χ4v) is 6.36. The van der Waals surface area contributed by atoms with E-state index in [0.29, 0.717) is 0 Å². The first-order valence-corrected chi connectivity index (χ1v) is 12.5. The summed E-state index contributed by atoms with van der Waals surface area (Å²) in [6.07, 6.45) is 16.9. The maximum absolute atomic E-state index is 11.0. The van der Waals surface area contributed by atoms with Gasteiger partial charge >= 0.3 is 0 Å². The highest BCUT2D eigenvalue weighted by atomic mass is 35.5. The Balaban J connectivity index is 0.000000433. The molecule has 0 aromatic rings. The van der Waals surface area contributed by atoms with Crippen LogP contribution in [0.3, 0.4) is 0 Å². The zero-order valence-corrected chi connectivity index (χ0v) is 17.6. The third-order valence-electron chi connectivity index (χ3n) is 4.47. The molecule has 4 heteroatoms. The Kier molecular flexibility index (Phi) is 17.2. The van der Waals surface area contributed by atoms with Gasteiger partial charge in [0.25, 0.3) is 0 Å². The molecular formula is C19H40ClNOP+. The van der Waals surface area contributed by atoms with Crippen LogP contribution in [0.2, 0.25) is 0 Å². The predicted octanol–water partition coefficient (Wildman–Crippen LogP) is 5.84. The normalized spacial score (nSPS) is 14.6. The minimum atomic E-state index is 0.0675. The van der Waals surface area contributed by atoms with Gasteiger partial charge < -0.3 is 4.90 Å². The van der Waals surface area contributed by atoms with E-state index in [9.17, 15) is 4.79 Å². The van der Waals surface area contributed by atoms with E-state index in [1.54, 1.807) is 18.5 Å². The Morgan fingerprint density at radius 3 is 1.65 bits per heavy atom. The monoisotopic (exact) mass is 364 g/mol. The molecule has 1 saturated heterocycles. The van der Waals surface area contributed by atoms with Crippen LogP contribution in [-0.2, 0) is 4.79 Å². The molecule has 0 radical (unpaired) electrons. The highest BCUT2D eigenvalue weighted by molar-refractivity contribution is 7.57. The number of hydrogen-bond donors (Lipinski definition) is 0. The van der Waals surface area contributed by atoms with Crippen LogP contribution in [0.25, 0.3) is 0 Å². The first-order valence-electron chi connectivity index (χ1n) is 9.86. The molecule has 0 aromatic heterocycles. The number of nitrogens with zero attached hydrogens (tertiary/aromatic N) is 1. The third kappa shape index (κ3) is 13.2. The summed E-state index contributed by atoms with van der Waals surface area (Å²) >= 11 is 5.39. The summed E-state index contributed by atoms with van der Waals surface area (Å²) in [7, 11) is 0.0675. The number of piperidine rings is 1. The van der Waals surface area contributed by atoms with E-state index in [2.05, 4.69) is 20.8 Å². The van der Waals surface area contributed by atoms with Gasteiger partial charge in [0.2, 0.25) is 5.91 Å². The van der Waals surface area contributed by atoms with Crippen LogP contribution in [0.4, 0.5) is 0 Å². The summed E-state index contributed by atoms with van der Waals surface area (Å²) in [6.45, 7) is 8.77. The number of halogens is 1. The summed E-state index contributed by atoms with van der Waals surface area (Å²) in [5, 5.41) is 0. The Morgan fingerprint density at radius 1 is 0.870 bits per heavy atom. The van der Waals surface area contributed by atoms with Crippen LogP contribution in [0, 0.1) is 0 Å². The van der Waals surface area contributed by atoms with E-state index in [1.807, 2.05) is 4.90 Å². The molecule has 0 unspecified atom stereocenters. The molecule has 1 heterocycles. The van der Waals surface area contributed by atoms with Gasteiger partial charge in [-0.25, -0.2) is 0 Å². The maximum Gasteiger partial charge on any atom is 0.237 e. The summed E-state index contributed by atoms with van der Waals surface area (Å²) in [5.41, 5.74) is 0. The molecule has 0 N–H and O–H groups in total. The Bertz CT molecular complexity index is 251.